The number of anilines is 1. The van der Waals surface area contributed by atoms with E-state index >= 15 is 0 Å². The Morgan fingerprint density at radius 3 is 2.63 bits per heavy atom. The molecule has 11 nitrogen and oxygen atoms in total. The van der Waals surface area contributed by atoms with Gasteiger partial charge >= 0.3 is 5.82 Å². The number of nitro groups is 1. The molecule has 0 spiro atoms. The molecule has 2 aromatic rings. The number of carbonyl (C=O) groups excluding carboxylic acids is 2. The molecule has 2 heterocycles. The number of amides is 2. The van der Waals surface area contributed by atoms with Gasteiger partial charge in [0.25, 0.3) is 11.8 Å². The number of aromatic nitrogens is 4. The Balaban J connectivity index is 2.16. The van der Waals surface area contributed by atoms with Crippen LogP contribution in [0.1, 0.15) is 37.0 Å². The highest BCUT2D eigenvalue weighted by atomic mass is 16.6. The molecule has 0 aliphatic rings. The first-order chi connectivity index (χ1) is 12.7. The third kappa shape index (κ3) is 5.12. The Bertz CT molecular complexity index is 853. The van der Waals surface area contributed by atoms with Gasteiger partial charge in [0, 0.05) is 19.3 Å². The number of rotatable bonds is 8. The van der Waals surface area contributed by atoms with Crippen LogP contribution in [0.5, 0.6) is 0 Å². The molecule has 11 heteroatoms. The minimum absolute atomic E-state index is 0.0944. The summed E-state index contributed by atoms with van der Waals surface area (Å²) in [5.74, 6) is -0.951. The van der Waals surface area contributed by atoms with Gasteiger partial charge in [0.1, 0.15) is 0 Å². The highest BCUT2D eigenvalue weighted by Crippen LogP contribution is 2.16. The Morgan fingerprint density at radius 1 is 1.33 bits per heavy atom. The van der Waals surface area contributed by atoms with Gasteiger partial charge in [-0.3, -0.25) is 14.3 Å². The summed E-state index contributed by atoms with van der Waals surface area (Å²) in [6.07, 6.45) is 1.55. The van der Waals surface area contributed by atoms with Gasteiger partial charge in [-0.15, -0.1) is 4.68 Å². The fraction of sp³-hybridized carbons (Fsp3) is 0.500. The minimum Gasteiger partial charge on any atom is -0.358 e. The van der Waals surface area contributed by atoms with E-state index in [9.17, 15) is 19.7 Å². The molecular formula is C16H23N7O4. The van der Waals surface area contributed by atoms with E-state index in [2.05, 4.69) is 20.8 Å². The van der Waals surface area contributed by atoms with E-state index in [4.69, 9.17) is 0 Å². The topological polar surface area (TPSA) is 137 Å². The van der Waals surface area contributed by atoms with Crippen molar-refractivity contribution < 1.29 is 14.5 Å². The average Bonchev–Trinajstić information content (AvgIpc) is 3.15. The zero-order valence-electron chi connectivity index (χ0n) is 15.7. The van der Waals surface area contributed by atoms with Crippen molar-refractivity contribution in [2.45, 2.75) is 40.8 Å². The normalized spacial score (nSPS) is 10.9. The maximum absolute atomic E-state index is 12.3. The van der Waals surface area contributed by atoms with Crippen LogP contribution in [0.25, 0.3) is 0 Å². The molecule has 0 saturated heterocycles. The van der Waals surface area contributed by atoms with Crippen molar-refractivity contribution in [3.8, 4) is 0 Å². The molecule has 0 aromatic carbocycles. The maximum Gasteiger partial charge on any atom is 0.345 e. The van der Waals surface area contributed by atoms with E-state index in [-0.39, 0.29) is 29.7 Å². The molecule has 146 valence electrons. The van der Waals surface area contributed by atoms with Crippen LogP contribution in [0.2, 0.25) is 0 Å². The van der Waals surface area contributed by atoms with Crippen molar-refractivity contribution in [2.24, 2.45) is 5.92 Å². The van der Waals surface area contributed by atoms with E-state index in [0.29, 0.717) is 18.8 Å². The lowest BCUT2D eigenvalue weighted by molar-refractivity contribution is -0.392. The molecule has 0 fully saturated rings. The van der Waals surface area contributed by atoms with Gasteiger partial charge in [-0.1, -0.05) is 18.9 Å². The Hall–Kier alpha value is -3.24. The smallest absolute Gasteiger partial charge is 0.345 e. The van der Waals surface area contributed by atoms with Crippen molar-refractivity contribution >= 4 is 23.3 Å². The van der Waals surface area contributed by atoms with Crippen molar-refractivity contribution in [2.75, 3.05) is 11.9 Å². The summed E-state index contributed by atoms with van der Waals surface area (Å²) in [6.45, 7) is 8.02. The second-order valence-corrected chi connectivity index (χ2v) is 6.46. The van der Waals surface area contributed by atoms with Gasteiger partial charge in [-0.05, 0) is 24.7 Å². The van der Waals surface area contributed by atoms with E-state index in [1.807, 2.05) is 20.8 Å². The zero-order chi connectivity index (χ0) is 20.1. The molecule has 0 atom stereocenters. The number of carbonyl (C=O) groups is 2. The van der Waals surface area contributed by atoms with Gasteiger partial charge in [-0.25, -0.2) is 0 Å². The zero-order valence-corrected chi connectivity index (χ0v) is 15.7. The summed E-state index contributed by atoms with van der Waals surface area (Å²) in [6, 6.07) is 1.28. The van der Waals surface area contributed by atoms with Crippen LogP contribution in [0.3, 0.4) is 0 Å². The highest BCUT2D eigenvalue weighted by molar-refractivity contribution is 6.02. The van der Waals surface area contributed by atoms with Crippen molar-refractivity contribution in [1.29, 1.82) is 0 Å². The number of nitrogens with zero attached hydrogens (tertiary/aromatic N) is 5. The molecule has 27 heavy (non-hydrogen) atoms. The number of nitrogens with one attached hydrogen (secondary N) is 2. The lowest BCUT2D eigenvalue weighted by Gasteiger charge is -2.07. The quantitative estimate of drug-likeness (QED) is 0.526. The third-order valence-electron chi connectivity index (χ3n) is 3.61. The molecule has 2 rings (SSSR count). The molecular weight excluding hydrogens is 354 g/mol. The van der Waals surface area contributed by atoms with Crippen molar-refractivity contribution in [3.63, 3.8) is 0 Å². The second kappa shape index (κ2) is 8.43. The number of hydrogen-bond acceptors (Lipinski definition) is 6. The first kappa shape index (κ1) is 20.1. The summed E-state index contributed by atoms with van der Waals surface area (Å²) in [5, 5.41) is 24.5. The second-order valence-electron chi connectivity index (χ2n) is 6.46. The molecule has 0 radical (unpaired) electrons. The molecule has 0 bridgehead atoms. The van der Waals surface area contributed by atoms with E-state index in [0.717, 1.165) is 4.68 Å². The van der Waals surface area contributed by atoms with Gasteiger partial charge in [0.15, 0.2) is 12.2 Å². The van der Waals surface area contributed by atoms with E-state index in [1.165, 1.54) is 10.7 Å². The Morgan fingerprint density at radius 2 is 2.04 bits per heavy atom. The fourth-order valence-electron chi connectivity index (χ4n) is 2.34. The molecule has 2 aromatic heterocycles. The summed E-state index contributed by atoms with van der Waals surface area (Å²) in [4.78, 5) is 35.1. The summed E-state index contributed by atoms with van der Waals surface area (Å²) in [7, 11) is 0. The minimum atomic E-state index is -0.604. The molecule has 2 amide bonds. The summed E-state index contributed by atoms with van der Waals surface area (Å²) >= 11 is 0. The first-order valence-corrected chi connectivity index (χ1v) is 8.55. The lowest BCUT2D eigenvalue weighted by Crippen LogP contribution is -2.29. The Labute approximate surface area is 155 Å². The van der Waals surface area contributed by atoms with Crippen LogP contribution in [0, 0.1) is 23.0 Å². The van der Waals surface area contributed by atoms with Gasteiger partial charge in [0.2, 0.25) is 0 Å². The van der Waals surface area contributed by atoms with E-state index < -0.39 is 16.7 Å². The van der Waals surface area contributed by atoms with Gasteiger partial charge in [-0.2, -0.15) is 5.10 Å². The van der Waals surface area contributed by atoms with Gasteiger partial charge in [0.05, 0.1) is 17.4 Å². The summed E-state index contributed by atoms with van der Waals surface area (Å²) in [5.41, 5.74) is 0.772. The lowest BCUT2D eigenvalue weighted by atomic mass is 10.2. The van der Waals surface area contributed by atoms with Crippen LogP contribution in [-0.4, -0.2) is 42.8 Å². The van der Waals surface area contributed by atoms with Crippen LogP contribution < -0.4 is 10.6 Å². The fourth-order valence-corrected chi connectivity index (χ4v) is 2.34. The molecule has 0 aliphatic heterocycles. The third-order valence-corrected chi connectivity index (χ3v) is 3.61. The standard InChI is InChI=1S/C16H23N7O4/c1-5-21-8-12(15(20-21)16(25)17-7-10(2)3)18-13(24)9-22-14(23(26)27)6-11(4)19-22/h6,8,10H,5,7,9H2,1-4H3,(H,17,25)(H,18,24). The molecule has 2 N–H and O–H groups in total. The Kier molecular flexibility index (Phi) is 6.27. The number of hydrogen-bond donors (Lipinski definition) is 2. The first-order valence-electron chi connectivity index (χ1n) is 8.55. The highest BCUT2D eigenvalue weighted by Gasteiger charge is 2.22. The van der Waals surface area contributed by atoms with Crippen LogP contribution in [-0.2, 0) is 17.9 Å². The predicted molar refractivity (Wildman–Crippen MR) is 97.3 cm³/mol. The number of aryl methyl sites for hydroxylation is 2. The van der Waals surface area contributed by atoms with Crippen molar-refractivity contribution in [1.82, 2.24) is 24.9 Å². The molecule has 0 unspecified atom stereocenters. The predicted octanol–water partition coefficient (Wildman–Crippen LogP) is 1.34. The largest absolute Gasteiger partial charge is 0.358 e. The molecule has 0 aliphatic carbocycles. The van der Waals surface area contributed by atoms with Gasteiger partial charge < -0.3 is 20.7 Å². The van der Waals surface area contributed by atoms with Crippen LogP contribution >= 0.6 is 0 Å². The molecule has 0 saturated carbocycles. The van der Waals surface area contributed by atoms with Crippen molar-refractivity contribution in [3.05, 3.63) is 33.8 Å². The maximum atomic E-state index is 12.3. The average molecular weight is 377 g/mol. The summed E-state index contributed by atoms with van der Waals surface area (Å²) < 4.78 is 2.54. The van der Waals surface area contributed by atoms with E-state index in [1.54, 1.807) is 13.1 Å². The van der Waals surface area contributed by atoms with Crippen LogP contribution in [0.15, 0.2) is 12.3 Å². The van der Waals surface area contributed by atoms with Crippen LogP contribution in [0.4, 0.5) is 11.5 Å². The monoisotopic (exact) mass is 377 g/mol. The SMILES string of the molecule is CCn1cc(NC(=O)Cn2nc(C)cc2[N+](=O)[O-])c(C(=O)NCC(C)C)n1.